The van der Waals surface area contributed by atoms with Gasteiger partial charge in [-0.2, -0.15) is 0 Å². The van der Waals surface area contributed by atoms with Crippen molar-refractivity contribution in [1.29, 1.82) is 0 Å². The lowest BCUT2D eigenvalue weighted by Gasteiger charge is -2.41. The number of amides is 2. The van der Waals surface area contributed by atoms with E-state index in [0.717, 1.165) is 17.1 Å². The largest absolute Gasteiger partial charge is 0.358 e. The summed E-state index contributed by atoms with van der Waals surface area (Å²) < 4.78 is 0. The van der Waals surface area contributed by atoms with E-state index >= 15 is 0 Å². The number of benzene rings is 1. The highest BCUT2D eigenvalue weighted by molar-refractivity contribution is 5.96. The Morgan fingerprint density at radius 2 is 1.82 bits per heavy atom. The third-order valence-corrected chi connectivity index (χ3v) is 5.94. The molecule has 0 aliphatic carbocycles. The van der Waals surface area contributed by atoms with Crippen LogP contribution in [-0.4, -0.2) is 51.8 Å². The van der Waals surface area contributed by atoms with Crippen LogP contribution in [0.25, 0.3) is 0 Å². The number of carbonyl (C=O) groups excluding carboxylic acids is 2. The summed E-state index contributed by atoms with van der Waals surface area (Å²) in [5.74, 6) is 0.244. The number of piperidine rings is 1. The molecule has 0 saturated carbocycles. The highest BCUT2D eigenvalue weighted by Crippen LogP contribution is 2.34. The Morgan fingerprint density at radius 1 is 1.03 bits per heavy atom. The van der Waals surface area contributed by atoms with Gasteiger partial charge in [-0.05, 0) is 63.1 Å². The first-order chi connectivity index (χ1) is 15.9. The Balaban J connectivity index is 1.59. The van der Waals surface area contributed by atoms with Crippen LogP contribution in [0.15, 0.2) is 54.7 Å². The van der Waals surface area contributed by atoms with E-state index < -0.39 is 5.41 Å². The van der Waals surface area contributed by atoms with Gasteiger partial charge in [0.05, 0.1) is 5.69 Å². The molecule has 8 heteroatoms. The standard InChI is InChI=1S/C25H28N6O2/c1-17-14-18(2)29-24(28-17)30-20-9-6-8-19(15-20)22(32)31-13-7-11-25(16-31,23(33)26-3)21-10-4-5-12-27-21/h4-6,8-10,12,14-15H,7,11,13,16H2,1-3H3,(H,26,33)(H,28,29,30). The molecule has 4 rings (SSSR count). The number of nitrogens with one attached hydrogen (secondary N) is 2. The van der Waals surface area contributed by atoms with Crippen LogP contribution in [0.4, 0.5) is 11.6 Å². The third-order valence-electron chi connectivity index (χ3n) is 5.94. The molecule has 1 aromatic carbocycles. The minimum absolute atomic E-state index is 0.121. The number of nitrogens with zero attached hydrogens (tertiary/aromatic N) is 4. The number of likely N-dealkylation sites (N-methyl/N-ethyl adjacent to an activating group) is 1. The van der Waals surface area contributed by atoms with E-state index in [0.29, 0.717) is 36.6 Å². The van der Waals surface area contributed by atoms with Gasteiger partial charge in [-0.3, -0.25) is 14.6 Å². The topological polar surface area (TPSA) is 100 Å². The summed E-state index contributed by atoms with van der Waals surface area (Å²) >= 11 is 0. The predicted octanol–water partition coefficient (Wildman–Crippen LogP) is 3.15. The zero-order chi connectivity index (χ0) is 23.4. The molecular weight excluding hydrogens is 416 g/mol. The Kier molecular flexibility index (Phi) is 6.35. The molecule has 2 aromatic heterocycles. The lowest BCUT2D eigenvalue weighted by molar-refractivity contribution is -0.128. The fourth-order valence-electron chi connectivity index (χ4n) is 4.45. The van der Waals surface area contributed by atoms with Crippen LogP contribution in [0, 0.1) is 13.8 Å². The van der Waals surface area contributed by atoms with Crippen molar-refractivity contribution in [2.45, 2.75) is 32.1 Å². The Morgan fingerprint density at radius 3 is 2.52 bits per heavy atom. The fraction of sp³-hybridized carbons (Fsp3) is 0.320. The summed E-state index contributed by atoms with van der Waals surface area (Å²) in [6.45, 7) is 4.69. The molecule has 2 N–H and O–H groups in total. The number of hydrogen-bond donors (Lipinski definition) is 2. The van der Waals surface area contributed by atoms with E-state index in [4.69, 9.17) is 0 Å². The number of aryl methyl sites for hydroxylation is 2. The van der Waals surface area contributed by atoms with E-state index in [-0.39, 0.29) is 18.4 Å². The van der Waals surface area contributed by atoms with Gasteiger partial charge in [0.25, 0.3) is 5.91 Å². The number of hydrogen-bond acceptors (Lipinski definition) is 6. The maximum atomic E-state index is 13.5. The van der Waals surface area contributed by atoms with Gasteiger partial charge in [0.1, 0.15) is 5.41 Å². The van der Waals surface area contributed by atoms with Crippen LogP contribution in [0.1, 0.15) is 40.3 Å². The smallest absolute Gasteiger partial charge is 0.253 e. The molecule has 1 aliphatic rings. The zero-order valence-corrected chi connectivity index (χ0v) is 19.1. The Bertz CT molecular complexity index is 1150. The van der Waals surface area contributed by atoms with Gasteiger partial charge >= 0.3 is 0 Å². The van der Waals surface area contributed by atoms with E-state index in [1.165, 1.54) is 0 Å². The molecule has 1 unspecified atom stereocenters. The van der Waals surface area contributed by atoms with Crippen LogP contribution >= 0.6 is 0 Å². The van der Waals surface area contributed by atoms with Crippen LogP contribution in [0.5, 0.6) is 0 Å². The molecule has 170 valence electrons. The molecule has 1 saturated heterocycles. The van der Waals surface area contributed by atoms with Crippen LogP contribution in [0.3, 0.4) is 0 Å². The van der Waals surface area contributed by atoms with Gasteiger partial charge < -0.3 is 15.5 Å². The maximum Gasteiger partial charge on any atom is 0.253 e. The first-order valence-corrected chi connectivity index (χ1v) is 11.0. The summed E-state index contributed by atoms with van der Waals surface area (Å²) in [6, 6.07) is 14.7. The van der Waals surface area contributed by atoms with Crippen molar-refractivity contribution in [3.05, 3.63) is 77.4 Å². The number of pyridine rings is 1. The molecule has 2 amide bonds. The van der Waals surface area contributed by atoms with Gasteiger partial charge in [0.2, 0.25) is 11.9 Å². The van der Waals surface area contributed by atoms with Gasteiger partial charge in [0.15, 0.2) is 0 Å². The molecule has 0 radical (unpaired) electrons. The van der Waals surface area contributed by atoms with Crippen molar-refractivity contribution in [1.82, 2.24) is 25.2 Å². The quantitative estimate of drug-likeness (QED) is 0.627. The van der Waals surface area contributed by atoms with Gasteiger partial charge in [0, 0.05) is 49.0 Å². The first kappa shape index (κ1) is 22.4. The summed E-state index contributed by atoms with van der Waals surface area (Å²) in [7, 11) is 1.62. The highest BCUT2D eigenvalue weighted by Gasteiger charge is 2.45. The summed E-state index contributed by atoms with van der Waals surface area (Å²) in [5.41, 5.74) is 2.82. The molecule has 1 fully saturated rings. The molecule has 0 bridgehead atoms. The second-order valence-electron chi connectivity index (χ2n) is 8.39. The van der Waals surface area contributed by atoms with Gasteiger partial charge in [-0.1, -0.05) is 12.1 Å². The second-order valence-corrected chi connectivity index (χ2v) is 8.39. The zero-order valence-electron chi connectivity index (χ0n) is 19.1. The average Bonchev–Trinajstić information content (AvgIpc) is 2.83. The minimum Gasteiger partial charge on any atom is -0.358 e. The van der Waals surface area contributed by atoms with Crippen molar-refractivity contribution in [2.24, 2.45) is 0 Å². The number of anilines is 2. The van der Waals surface area contributed by atoms with Crippen LogP contribution in [0.2, 0.25) is 0 Å². The van der Waals surface area contributed by atoms with E-state index in [9.17, 15) is 9.59 Å². The number of aromatic nitrogens is 3. The van der Waals surface area contributed by atoms with Crippen molar-refractivity contribution >= 4 is 23.5 Å². The molecule has 33 heavy (non-hydrogen) atoms. The van der Waals surface area contributed by atoms with Gasteiger partial charge in [-0.15, -0.1) is 0 Å². The minimum atomic E-state index is -0.868. The van der Waals surface area contributed by atoms with Crippen molar-refractivity contribution in [3.63, 3.8) is 0 Å². The monoisotopic (exact) mass is 444 g/mol. The molecule has 0 spiro atoms. The number of rotatable bonds is 5. The van der Waals surface area contributed by atoms with Crippen molar-refractivity contribution in [3.8, 4) is 0 Å². The van der Waals surface area contributed by atoms with Crippen LogP contribution in [-0.2, 0) is 10.2 Å². The number of carbonyl (C=O) groups is 2. The molecule has 8 nitrogen and oxygen atoms in total. The second kappa shape index (κ2) is 9.36. The first-order valence-electron chi connectivity index (χ1n) is 11.0. The lowest BCUT2D eigenvalue weighted by atomic mass is 9.75. The molecule has 3 heterocycles. The lowest BCUT2D eigenvalue weighted by Crippen LogP contribution is -2.56. The van der Waals surface area contributed by atoms with Crippen molar-refractivity contribution < 1.29 is 9.59 Å². The number of likely N-dealkylation sites (tertiary alicyclic amines) is 1. The summed E-state index contributed by atoms with van der Waals surface area (Å²) in [4.78, 5) is 41.5. The molecular formula is C25H28N6O2. The average molecular weight is 445 g/mol. The molecule has 1 atom stereocenters. The Labute approximate surface area is 193 Å². The van der Waals surface area contributed by atoms with E-state index in [2.05, 4.69) is 25.6 Å². The molecule has 1 aliphatic heterocycles. The normalized spacial score (nSPS) is 18.0. The molecule has 3 aromatic rings. The Hall–Kier alpha value is -3.81. The predicted molar refractivity (Wildman–Crippen MR) is 126 cm³/mol. The van der Waals surface area contributed by atoms with Gasteiger partial charge in [-0.25, -0.2) is 9.97 Å². The van der Waals surface area contributed by atoms with E-state index in [1.54, 1.807) is 30.3 Å². The summed E-state index contributed by atoms with van der Waals surface area (Å²) in [6.07, 6.45) is 3.04. The maximum absolute atomic E-state index is 13.5. The van der Waals surface area contributed by atoms with E-state index in [1.807, 2.05) is 50.2 Å². The summed E-state index contributed by atoms with van der Waals surface area (Å²) in [5, 5.41) is 5.96. The SMILES string of the molecule is CNC(=O)C1(c2ccccn2)CCCN(C(=O)c2cccc(Nc3nc(C)cc(C)n3)c2)C1. The fourth-order valence-corrected chi connectivity index (χ4v) is 4.45. The van der Waals surface area contributed by atoms with Crippen LogP contribution < -0.4 is 10.6 Å². The highest BCUT2D eigenvalue weighted by atomic mass is 16.2. The third kappa shape index (κ3) is 4.69. The van der Waals surface area contributed by atoms with Crippen molar-refractivity contribution in [2.75, 3.05) is 25.5 Å².